The normalized spacial score (nSPS) is 16.3. The fraction of sp³-hybridized carbons (Fsp3) is 0.0952. The third-order valence-corrected chi connectivity index (χ3v) is 5.41. The number of amides is 1. The molecule has 0 spiro atoms. The first kappa shape index (κ1) is 18.5. The van der Waals surface area contributed by atoms with E-state index in [0.29, 0.717) is 33.6 Å². The molecule has 140 valence electrons. The first-order chi connectivity index (χ1) is 13.7. The number of amidine groups is 1. The lowest BCUT2D eigenvalue weighted by molar-refractivity contribution is -0.123. The third kappa shape index (κ3) is 3.74. The second kappa shape index (κ2) is 8.04. The number of para-hydroxylation sites is 1. The smallest absolute Gasteiger partial charge is 0.246 e. The van der Waals surface area contributed by atoms with Crippen molar-refractivity contribution < 1.29 is 9.21 Å². The van der Waals surface area contributed by atoms with Gasteiger partial charge >= 0.3 is 0 Å². The van der Waals surface area contributed by atoms with E-state index in [9.17, 15) is 4.79 Å². The summed E-state index contributed by atoms with van der Waals surface area (Å²) in [5.74, 6) is 0.341. The van der Waals surface area contributed by atoms with Gasteiger partial charge in [0.05, 0.1) is 5.75 Å². The Hall–Kier alpha value is -2.83. The van der Waals surface area contributed by atoms with Gasteiger partial charge in [-0.1, -0.05) is 59.8 Å². The van der Waals surface area contributed by atoms with E-state index < -0.39 is 0 Å². The van der Waals surface area contributed by atoms with E-state index in [1.165, 1.54) is 11.8 Å². The summed E-state index contributed by atoms with van der Waals surface area (Å²) in [5, 5.41) is 10.8. The van der Waals surface area contributed by atoms with E-state index in [1.54, 1.807) is 11.0 Å². The maximum Gasteiger partial charge on any atom is 0.246 e. The fourth-order valence-electron chi connectivity index (χ4n) is 2.85. The number of thioether (sulfide) groups is 1. The Morgan fingerprint density at radius 2 is 1.96 bits per heavy atom. The Morgan fingerprint density at radius 3 is 2.75 bits per heavy atom. The molecule has 1 saturated heterocycles. The van der Waals surface area contributed by atoms with Crippen molar-refractivity contribution in [3.05, 3.63) is 77.8 Å². The summed E-state index contributed by atoms with van der Waals surface area (Å²) < 4.78 is 6.02. The summed E-state index contributed by atoms with van der Waals surface area (Å²) in [6, 6.07) is 17.2. The Bertz CT molecular complexity index is 1150. The predicted octanol–water partition coefficient (Wildman–Crippen LogP) is 4.69. The highest BCUT2D eigenvalue weighted by atomic mass is 35.5. The van der Waals surface area contributed by atoms with Gasteiger partial charge in [-0.2, -0.15) is 0 Å². The van der Waals surface area contributed by atoms with Gasteiger partial charge in [0, 0.05) is 22.5 Å². The van der Waals surface area contributed by atoms with Gasteiger partial charge in [-0.15, -0.1) is 16.8 Å². The lowest BCUT2D eigenvalue weighted by atomic mass is 10.1. The minimum atomic E-state index is -0.00720. The number of benzene rings is 2. The standard InChI is InChI=1S/C21H16ClN3O2S/c1-2-11-25-19(26)13-28-21(25)24-23-20-17(14-7-9-16(22)10-8-14)12-15-5-3-4-6-18(15)27-20/h2-10,12H,1,11,13H2/b23-20+,24-21+. The molecule has 1 amide bonds. The molecule has 5 nitrogen and oxygen atoms in total. The van der Waals surface area contributed by atoms with Gasteiger partial charge in [0.15, 0.2) is 5.17 Å². The van der Waals surface area contributed by atoms with Crippen molar-refractivity contribution >= 4 is 45.4 Å². The summed E-state index contributed by atoms with van der Waals surface area (Å²) in [4.78, 5) is 13.5. The minimum absolute atomic E-state index is 0.00720. The van der Waals surface area contributed by atoms with Crippen LogP contribution in [0.25, 0.3) is 22.1 Å². The van der Waals surface area contributed by atoms with Crippen LogP contribution in [0.5, 0.6) is 0 Å². The Morgan fingerprint density at radius 1 is 1.18 bits per heavy atom. The van der Waals surface area contributed by atoms with Crippen LogP contribution in [0, 0.1) is 0 Å². The zero-order valence-electron chi connectivity index (χ0n) is 14.8. The Kier molecular flexibility index (Phi) is 5.32. The number of carbonyl (C=O) groups excluding carboxylic acids is 1. The topological polar surface area (TPSA) is 58.2 Å². The van der Waals surface area contributed by atoms with Crippen LogP contribution >= 0.6 is 23.4 Å². The number of hydrogen-bond donors (Lipinski definition) is 0. The lowest BCUT2D eigenvalue weighted by Crippen LogP contribution is -2.29. The molecule has 1 fully saturated rings. The van der Waals surface area contributed by atoms with E-state index >= 15 is 0 Å². The monoisotopic (exact) mass is 409 g/mol. The maximum absolute atomic E-state index is 12.0. The molecule has 4 rings (SSSR count). The molecule has 28 heavy (non-hydrogen) atoms. The highest BCUT2D eigenvalue weighted by Crippen LogP contribution is 2.23. The molecule has 7 heteroatoms. The molecule has 0 aliphatic carbocycles. The van der Waals surface area contributed by atoms with Crippen molar-refractivity contribution in [1.29, 1.82) is 0 Å². The summed E-state index contributed by atoms with van der Waals surface area (Å²) in [6.45, 7) is 4.09. The van der Waals surface area contributed by atoms with E-state index in [1.807, 2.05) is 54.6 Å². The van der Waals surface area contributed by atoms with Crippen molar-refractivity contribution in [2.24, 2.45) is 10.2 Å². The van der Waals surface area contributed by atoms with Crippen LogP contribution in [0.15, 0.2) is 81.9 Å². The molecular formula is C21H16ClN3O2S. The highest BCUT2D eigenvalue weighted by Gasteiger charge is 2.27. The molecule has 0 atom stereocenters. The first-order valence-electron chi connectivity index (χ1n) is 8.60. The largest absolute Gasteiger partial charge is 0.436 e. The zero-order chi connectivity index (χ0) is 19.5. The highest BCUT2D eigenvalue weighted by molar-refractivity contribution is 8.15. The van der Waals surface area contributed by atoms with Crippen molar-refractivity contribution in [2.75, 3.05) is 12.3 Å². The number of carbonyl (C=O) groups is 1. The molecule has 2 heterocycles. The molecule has 2 aromatic carbocycles. The van der Waals surface area contributed by atoms with E-state index in [-0.39, 0.29) is 5.91 Å². The van der Waals surface area contributed by atoms with Crippen LogP contribution in [0.1, 0.15) is 0 Å². The number of halogens is 1. The van der Waals surface area contributed by atoms with Crippen molar-refractivity contribution in [1.82, 2.24) is 4.90 Å². The number of nitrogens with zero attached hydrogens (tertiary/aromatic N) is 3. The molecule has 0 bridgehead atoms. The lowest BCUT2D eigenvalue weighted by Gasteiger charge is -2.11. The minimum Gasteiger partial charge on any atom is -0.436 e. The molecular weight excluding hydrogens is 394 g/mol. The van der Waals surface area contributed by atoms with Gasteiger partial charge in [0.1, 0.15) is 5.58 Å². The molecule has 0 saturated carbocycles. The predicted molar refractivity (Wildman–Crippen MR) is 114 cm³/mol. The van der Waals surface area contributed by atoms with Crippen molar-refractivity contribution in [3.63, 3.8) is 0 Å². The second-order valence-corrected chi connectivity index (χ2v) is 7.45. The maximum atomic E-state index is 12.0. The Balaban J connectivity index is 1.87. The second-order valence-electron chi connectivity index (χ2n) is 6.07. The molecule has 1 aliphatic heterocycles. The van der Waals surface area contributed by atoms with E-state index in [4.69, 9.17) is 16.0 Å². The summed E-state index contributed by atoms with van der Waals surface area (Å²) >= 11 is 7.37. The van der Waals surface area contributed by atoms with Crippen molar-refractivity contribution in [3.8, 4) is 11.1 Å². The van der Waals surface area contributed by atoms with Crippen LogP contribution < -0.4 is 5.55 Å². The quantitative estimate of drug-likeness (QED) is 0.464. The van der Waals surface area contributed by atoms with Gasteiger partial charge < -0.3 is 4.42 Å². The number of fused-ring (bicyclic) bond motifs is 1. The SMILES string of the molecule is C=CCN1C(=O)CS/C1=N/N=c1/oc2ccccc2cc1-c1ccc(Cl)cc1. The van der Waals surface area contributed by atoms with Gasteiger partial charge in [-0.05, 0) is 29.8 Å². The van der Waals surface area contributed by atoms with Gasteiger partial charge in [0.2, 0.25) is 11.5 Å². The Labute approximate surface area is 171 Å². The van der Waals surface area contributed by atoms with Crippen LogP contribution in [-0.4, -0.2) is 28.3 Å². The van der Waals surface area contributed by atoms with E-state index in [2.05, 4.69) is 16.8 Å². The molecule has 1 aromatic heterocycles. The van der Waals surface area contributed by atoms with E-state index in [0.717, 1.165) is 16.5 Å². The van der Waals surface area contributed by atoms with Crippen LogP contribution in [0.3, 0.4) is 0 Å². The van der Waals surface area contributed by atoms with Gasteiger partial charge in [-0.25, -0.2) is 0 Å². The zero-order valence-corrected chi connectivity index (χ0v) is 16.4. The van der Waals surface area contributed by atoms with Crippen LogP contribution in [0.2, 0.25) is 5.02 Å². The molecule has 1 aliphatic rings. The summed E-state index contributed by atoms with van der Waals surface area (Å²) in [6.07, 6.45) is 1.67. The fourth-order valence-corrected chi connectivity index (χ4v) is 3.81. The van der Waals surface area contributed by atoms with Crippen LogP contribution in [-0.2, 0) is 4.79 Å². The molecule has 0 unspecified atom stereocenters. The summed E-state index contributed by atoms with van der Waals surface area (Å²) in [5.41, 5.74) is 2.78. The van der Waals surface area contributed by atoms with Gasteiger partial charge in [0.25, 0.3) is 0 Å². The molecule has 0 radical (unpaired) electrons. The first-order valence-corrected chi connectivity index (χ1v) is 9.96. The average molecular weight is 410 g/mol. The third-order valence-electron chi connectivity index (χ3n) is 4.21. The number of rotatable bonds is 4. The average Bonchev–Trinajstić information content (AvgIpc) is 3.06. The number of hydrogen-bond acceptors (Lipinski definition) is 5. The molecule has 0 N–H and O–H groups in total. The van der Waals surface area contributed by atoms with Crippen molar-refractivity contribution in [2.45, 2.75) is 0 Å². The summed E-state index contributed by atoms with van der Waals surface area (Å²) in [7, 11) is 0. The molecule has 3 aromatic rings. The van der Waals surface area contributed by atoms with Gasteiger partial charge in [-0.3, -0.25) is 9.69 Å². The van der Waals surface area contributed by atoms with Crippen LogP contribution in [0.4, 0.5) is 0 Å².